The quantitative estimate of drug-likeness (QED) is 0.699. The summed E-state index contributed by atoms with van der Waals surface area (Å²) in [6.45, 7) is 3.07. The number of rotatable bonds is 8. The van der Waals surface area contributed by atoms with Crippen LogP contribution in [0.5, 0.6) is 0 Å². The molecule has 0 aromatic carbocycles. The van der Waals surface area contributed by atoms with Gasteiger partial charge in [0.05, 0.1) is 0 Å². The summed E-state index contributed by atoms with van der Waals surface area (Å²) < 4.78 is 5.16. The monoisotopic (exact) mass is 234 g/mol. The molecule has 0 aliphatic heterocycles. The minimum Gasteiger partial charge on any atom is -0.385 e. The van der Waals surface area contributed by atoms with Gasteiger partial charge in [0.2, 0.25) is 0 Å². The van der Waals surface area contributed by atoms with Gasteiger partial charge in [-0.1, -0.05) is 6.07 Å². The van der Waals surface area contributed by atoms with E-state index >= 15 is 0 Å². The minimum absolute atomic E-state index is 0.547. The van der Waals surface area contributed by atoms with Crippen LogP contribution in [0.3, 0.4) is 0 Å². The Kier molecular flexibility index (Phi) is 4.51. The number of pyridine rings is 1. The first-order chi connectivity index (χ1) is 8.35. The summed E-state index contributed by atoms with van der Waals surface area (Å²) in [5, 5.41) is 3.56. The lowest BCUT2D eigenvalue weighted by atomic mass is 10.0. The fourth-order valence-corrected chi connectivity index (χ4v) is 2.14. The maximum absolute atomic E-state index is 5.16. The van der Waals surface area contributed by atoms with E-state index in [1.165, 1.54) is 24.8 Å². The number of nitrogens with zero attached hydrogens (tertiary/aromatic N) is 1. The van der Waals surface area contributed by atoms with E-state index in [1.807, 2.05) is 18.5 Å². The minimum atomic E-state index is 0.547. The molecule has 1 aromatic rings. The van der Waals surface area contributed by atoms with E-state index in [0.717, 1.165) is 26.1 Å². The molecule has 0 saturated heterocycles. The molecule has 3 heteroatoms. The highest BCUT2D eigenvalue weighted by atomic mass is 16.5. The number of hydrogen-bond donors (Lipinski definition) is 1. The van der Waals surface area contributed by atoms with Crippen molar-refractivity contribution in [1.82, 2.24) is 10.3 Å². The van der Waals surface area contributed by atoms with Gasteiger partial charge in [-0.25, -0.2) is 0 Å². The molecule has 94 valence electrons. The zero-order valence-corrected chi connectivity index (χ0v) is 10.6. The predicted molar refractivity (Wildman–Crippen MR) is 69.0 cm³/mol. The molecule has 0 bridgehead atoms. The molecule has 0 radical (unpaired) electrons. The standard InChI is InChI=1S/C14H22N2O/c1-17-10-7-14(5-6-14)12-16-9-4-13-3-2-8-15-11-13/h2-3,8,11,16H,4-7,9-10,12H2,1H3. The van der Waals surface area contributed by atoms with Crippen LogP contribution in [0.25, 0.3) is 0 Å². The molecule has 0 atom stereocenters. The summed E-state index contributed by atoms with van der Waals surface area (Å²) in [7, 11) is 1.78. The Morgan fingerprint density at radius 2 is 2.35 bits per heavy atom. The Morgan fingerprint density at radius 1 is 1.47 bits per heavy atom. The van der Waals surface area contributed by atoms with Crippen molar-refractivity contribution < 1.29 is 4.74 Å². The molecular formula is C14H22N2O. The summed E-state index contributed by atoms with van der Waals surface area (Å²) in [5.74, 6) is 0. The smallest absolute Gasteiger partial charge is 0.0468 e. The maximum Gasteiger partial charge on any atom is 0.0468 e. The fourth-order valence-electron chi connectivity index (χ4n) is 2.14. The Morgan fingerprint density at radius 3 is 3.00 bits per heavy atom. The Balaban J connectivity index is 1.60. The maximum atomic E-state index is 5.16. The fraction of sp³-hybridized carbons (Fsp3) is 0.643. The number of hydrogen-bond acceptors (Lipinski definition) is 3. The van der Waals surface area contributed by atoms with Crippen LogP contribution in [-0.2, 0) is 11.2 Å². The highest BCUT2D eigenvalue weighted by molar-refractivity contribution is 5.08. The van der Waals surface area contributed by atoms with Gasteiger partial charge in [-0.05, 0) is 49.3 Å². The van der Waals surface area contributed by atoms with Gasteiger partial charge >= 0.3 is 0 Å². The number of aromatic nitrogens is 1. The van der Waals surface area contributed by atoms with Crippen molar-refractivity contribution in [2.24, 2.45) is 5.41 Å². The molecule has 0 spiro atoms. The molecular weight excluding hydrogens is 212 g/mol. The first-order valence-electron chi connectivity index (χ1n) is 6.43. The van der Waals surface area contributed by atoms with Crippen LogP contribution in [0.4, 0.5) is 0 Å². The van der Waals surface area contributed by atoms with E-state index in [4.69, 9.17) is 4.74 Å². The van der Waals surface area contributed by atoms with E-state index in [1.54, 1.807) is 7.11 Å². The Hall–Kier alpha value is -0.930. The van der Waals surface area contributed by atoms with Gasteiger partial charge in [0, 0.05) is 32.7 Å². The zero-order chi connectivity index (χ0) is 12.0. The van der Waals surface area contributed by atoms with Gasteiger partial charge in [-0.2, -0.15) is 0 Å². The summed E-state index contributed by atoms with van der Waals surface area (Å²) >= 11 is 0. The molecule has 1 aliphatic rings. The van der Waals surface area contributed by atoms with Crippen molar-refractivity contribution in [2.75, 3.05) is 26.8 Å². The third-order valence-corrected chi connectivity index (χ3v) is 3.61. The second-order valence-electron chi connectivity index (χ2n) is 5.03. The normalized spacial score (nSPS) is 17.0. The van der Waals surface area contributed by atoms with Gasteiger partial charge in [-0.3, -0.25) is 4.98 Å². The molecule has 1 fully saturated rings. The first kappa shape index (κ1) is 12.5. The molecule has 1 saturated carbocycles. The molecule has 0 unspecified atom stereocenters. The van der Waals surface area contributed by atoms with Crippen LogP contribution >= 0.6 is 0 Å². The number of ether oxygens (including phenoxy) is 1. The third kappa shape index (κ3) is 4.10. The summed E-state index contributed by atoms with van der Waals surface area (Å²) in [4.78, 5) is 4.12. The Bertz CT molecular complexity index is 322. The average molecular weight is 234 g/mol. The second kappa shape index (κ2) is 6.12. The van der Waals surface area contributed by atoms with Gasteiger partial charge in [-0.15, -0.1) is 0 Å². The molecule has 0 amide bonds. The molecule has 3 nitrogen and oxygen atoms in total. The van der Waals surface area contributed by atoms with Crippen molar-refractivity contribution in [2.45, 2.75) is 25.7 Å². The van der Waals surface area contributed by atoms with Crippen molar-refractivity contribution in [3.05, 3.63) is 30.1 Å². The van der Waals surface area contributed by atoms with Crippen LogP contribution in [0.2, 0.25) is 0 Å². The lowest BCUT2D eigenvalue weighted by Gasteiger charge is -2.15. The molecule has 1 heterocycles. The predicted octanol–water partition coefficient (Wildman–Crippen LogP) is 2.03. The summed E-state index contributed by atoms with van der Waals surface area (Å²) in [6, 6.07) is 4.13. The average Bonchev–Trinajstić information content (AvgIpc) is 3.14. The third-order valence-electron chi connectivity index (χ3n) is 3.61. The van der Waals surface area contributed by atoms with Crippen molar-refractivity contribution in [3.8, 4) is 0 Å². The summed E-state index contributed by atoms with van der Waals surface area (Å²) in [6.07, 6.45) is 8.74. The SMILES string of the molecule is COCCC1(CNCCc2cccnc2)CC1. The van der Waals surface area contributed by atoms with Crippen LogP contribution in [0, 0.1) is 5.41 Å². The van der Waals surface area contributed by atoms with Crippen molar-refractivity contribution >= 4 is 0 Å². The molecule has 17 heavy (non-hydrogen) atoms. The van der Waals surface area contributed by atoms with E-state index in [9.17, 15) is 0 Å². The molecule has 2 rings (SSSR count). The summed E-state index contributed by atoms with van der Waals surface area (Å²) in [5.41, 5.74) is 1.85. The Labute approximate surface area is 104 Å². The van der Waals surface area contributed by atoms with Crippen LogP contribution in [0.1, 0.15) is 24.8 Å². The second-order valence-corrected chi connectivity index (χ2v) is 5.03. The van der Waals surface area contributed by atoms with Crippen molar-refractivity contribution in [3.63, 3.8) is 0 Å². The van der Waals surface area contributed by atoms with E-state index in [2.05, 4.69) is 16.4 Å². The molecule has 1 aliphatic carbocycles. The molecule has 1 aromatic heterocycles. The molecule has 1 N–H and O–H groups in total. The van der Waals surface area contributed by atoms with E-state index < -0.39 is 0 Å². The lowest BCUT2D eigenvalue weighted by molar-refractivity contribution is 0.171. The van der Waals surface area contributed by atoms with Gasteiger partial charge < -0.3 is 10.1 Å². The zero-order valence-electron chi connectivity index (χ0n) is 10.6. The number of methoxy groups -OCH3 is 1. The van der Waals surface area contributed by atoms with E-state index in [-0.39, 0.29) is 0 Å². The van der Waals surface area contributed by atoms with Crippen LogP contribution in [-0.4, -0.2) is 31.8 Å². The van der Waals surface area contributed by atoms with E-state index in [0.29, 0.717) is 5.41 Å². The topological polar surface area (TPSA) is 34.1 Å². The van der Waals surface area contributed by atoms with Crippen LogP contribution < -0.4 is 5.32 Å². The van der Waals surface area contributed by atoms with Gasteiger partial charge in [0.15, 0.2) is 0 Å². The number of nitrogens with one attached hydrogen (secondary N) is 1. The first-order valence-corrected chi connectivity index (χ1v) is 6.43. The highest BCUT2D eigenvalue weighted by Crippen LogP contribution is 2.48. The lowest BCUT2D eigenvalue weighted by Crippen LogP contribution is -2.26. The largest absolute Gasteiger partial charge is 0.385 e. The highest BCUT2D eigenvalue weighted by Gasteiger charge is 2.41. The van der Waals surface area contributed by atoms with Crippen LogP contribution in [0.15, 0.2) is 24.5 Å². The van der Waals surface area contributed by atoms with Gasteiger partial charge in [0.25, 0.3) is 0 Å². The van der Waals surface area contributed by atoms with Crippen molar-refractivity contribution in [1.29, 1.82) is 0 Å². The van der Waals surface area contributed by atoms with Gasteiger partial charge in [0.1, 0.15) is 0 Å².